The van der Waals surface area contributed by atoms with Crippen molar-refractivity contribution in [3.8, 4) is 22.6 Å². The highest BCUT2D eigenvalue weighted by atomic mass is 19.2. The van der Waals surface area contributed by atoms with Gasteiger partial charge in [0.25, 0.3) is 0 Å². The molecule has 306 valence electrons. The van der Waals surface area contributed by atoms with Crippen molar-refractivity contribution < 1.29 is 18.3 Å². The topological polar surface area (TPSA) is 21.7 Å². The molecule has 0 unspecified atom stereocenters. The van der Waals surface area contributed by atoms with Crippen LogP contribution in [0.2, 0.25) is 0 Å². The van der Waals surface area contributed by atoms with Crippen LogP contribution in [0.4, 0.5) is 8.78 Å². The predicted octanol–water partition coefficient (Wildman–Crippen LogP) is 14.1. The van der Waals surface area contributed by atoms with Gasteiger partial charge in [-0.05, 0) is 159 Å². The fourth-order valence-electron chi connectivity index (χ4n) is 6.99. The summed E-state index contributed by atoms with van der Waals surface area (Å²) in [5.41, 5.74) is 13.4. The number of unbranched alkanes of at least 4 members (excludes halogenated alkanes) is 1. The minimum absolute atomic E-state index is 0.725. The molecule has 1 aliphatic heterocycles. The van der Waals surface area contributed by atoms with Crippen molar-refractivity contribution >= 4 is 11.6 Å². The van der Waals surface area contributed by atoms with Crippen LogP contribution in [0.5, 0.6) is 11.5 Å². The van der Waals surface area contributed by atoms with Gasteiger partial charge in [0.1, 0.15) is 0 Å². The lowest BCUT2D eigenvalue weighted by molar-refractivity contribution is 0.207. The summed E-state index contributed by atoms with van der Waals surface area (Å²) < 4.78 is 35.2. The molecule has 0 amide bonds. The summed E-state index contributed by atoms with van der Waals surface area (Å²) in [5.74, 6) is 0.760. The first-order valence-corrected chi connectivity index (χ1v) is 20.6. The standard InChI is InChI=1S/C25H37N.C20H24O2.C7H6F2/c1-7-9-23(18-26-13-11-19(3)12-14-26)15-21(5)25-16-20(4)22(6)24(17-25)10-8-2;1-5-7-9-15-10-8-11-17(12-15)18-13-16(6-2)20(22-4)19(14-18)21-3;1-5-2-3-6(8)7(9)4-5/h7,9,15-17,19H,5,8,10-14,18H2,1-4,6H3;6,8,10-14H,2,5,7,9H2,1,3-4H3;2-4H,1H3/b9-7-,23-15+;;. The van der Waals surface area contributed by atoms with Gasteiger partial charge < -0.3 is 9.47 Å². The highest BCUT2D eigenvalue weighted by molar-refractivity contribution is 5.75. The van der Waals surface area contributed by atoms with Crippen molar-refractivity contribution in [2.45, 2.75) is 93.4 Å². The maximum atomic E-state index is 12.2. The summed E-state index contributed by atoms with van der Waals surface area (Å²) in [6, 6.07) is 21.2. The van der Waals surface area contributed by atoms with E-state index >= 15 is 0 Å². The Bertz CT molecular complexity index is 1970. The molecule has 0 aliphatic carbocycles. The maximum absolute atomic E-state index is 12.2. The van der Waals surface area contributed by atoms with E-state index in [1.807, 2.05) is 6.07 Å². The molecule has 5 heteroatoms. The van der Waals surface area contributed by atoms with Crippen LogP contribution in [0.3, 0.4) is 0 Å². The van der Waals surface area contributed by atoms with E-state index in [0.717, 1.165) is 71.2 Å². The zero-order chi connectivity index (χ0) is 41.9. The molecule has 3 nitrogen and oxygen atoms in total. The van der Waals surface area contributed by atoms with Gasteiger partial charge in [-0.1, -0.05) is 114 Å². The Labute approximate surface area is 343 Å². The molecule has 4 aromatic rings. The molecule has 1 aliphatic rings. The SMILES string of the molecule is C=C(/C=C(\C=C/C)CN1CCC(C)CC1)c1cc(C)c(C)c(CCC)c1.C=Cc1cc(-c2cccc(CCCC)c2)cc(OC)c1OC.Cc1ccc(F)c(F)c1. The molecule has 0 bridgehead atoms. The van der Waals surface area contributed by atoms with E-state index in [0.29, 0.717) is 0 Å². The van der Waals surface area contributed by atoms with Gasteiger partial charge >= 0.3 is 0 Å². The average Bonchev–Trinajstić information content (AvgIpc) is 3.21. The first kappa shape index (κ1) is 46.6. The van der Waals surface area contributed by atoms with Crippen LogP contribution < -0.4 is 9.47 Å². The fourth-order valence-corrected chi connectivity index (χ4v) is 6.99. The summed E-state index contributed by atoms with van der Waals surface area (Å²) in [6.07, 6.45) is 17.0. The third kappa shape index (κ3) is 14.6. The first-order valence-electron chi connectivity index (χ1n) is 20.6. The third-order valence-corrected chi connectivity index (χ3v) is 10.6. The van der Waals surface area contributed by atoms with Gasteiger partial charge in [0.2, 0.25) is 0 Å². The van der Waals surface area contributed by atoms with Crippen LogP contribution in [-0.4, -0.2) is 38.8 Å². The van der Waals surface area contributed by atoms with E-state index in [9.17, 15) is 8.78 Å². The van der Waals surface area contributed by atoms with E-state index in [-0.39, 0.29) is 0 Å². The number of likely N-dealkylation sites (tertiary alicyclic amines) is 1. The number of ether oxygens (including phenoxy) is 2. The summed E-state index contributed by atoms with van der Waals surface area (Å²) in [5, 5.41) is 0. The maximum Gasteiger partial charge on any atom is 0.167 e. The van der Waals surface area contributed by atoms with Crippen LogP contribution in [0.25, 0.3) is 22.8 Å². The minimum atomic E-state index is -0.791. The summed E-state index contributed by atoms with van der Waals surface area (Å²) >= 11 is 0. The zero-order valence-corrected chi connectivity index (χ0v) is 36.2. The molecule has 0 N–H and O–H groups in total. The highest BCUT2D eigenvalue weighted by Crippen LogP contribution is 2.37. The van der Waals surface area contributed by atoms with Gasteiger partial charge in [-0.2, -0.15) is 0 Å². The van der Waals surface area contributed by atoms with Gasteiger partial charge in [0.05, 0.1) is 14.2 Å². The molecule has 0 spiro atoms. The molecule has 4 aromatic carbocycles. The Balaban J connectivity index is 0.000000253. The molecular weight excluding hydrogens is 709 g/mol. The molecule has 1 fully saturated rings. The van der Waals surface area contributed by atoms with Crippen LogP contribution >= 0.6 is 0 Å². The molecule has 0 radical (unpaired) electrons. The predicted molar refractivity (Wildman–Crippen MR) is 241 cm³/mol. The van der Waals surface area contributed by atoms with Crippen molar-refractivity contribution in [2.24, 2.45) is 5.92 Å². The third-order valence-electron chi connectivity index (χ3n) is 10.6. The number of aryl methyl sites for hydroxylation is 4. The van der Waals surface area contributed by atoms with E-state index in [4.69, 9.17) is 9.47 Å². The lowest BCUT2D eigenvalue weighted by Gasteiger charge is -2.30. The second-order valence-electron chi connectivity index (χ2n) is 15.3. The van der Waals surface area contributed by atoms with Crippen molar-refractivity contribution in [1.82, 2.24) is 4.90 Å². The minimum Gasteiger partial charge on any atom is -0.493 e. The van der Waals surface area contributed by atoms with E-state index < -0.39 is 11.6 Å². The lowest BCUT2D eigenvalue weighted by Crippen LogP contribution is -2.34. The number of methoxy groups -OCH3 is 2. The molecule has 57 heavy (non-hydrogen) atoms. The van der Waals surface area contributed by atoms with Crippen LogP contribution in [0.15, 0.2) is 104 Å². The molecule has 0 aromatic heterocycles. The quantitative estimate of drug-likeness (QED) is 0.119. The Morgan fingerprint density at radius 3 is 2.19 bits per heavy atom. The van der Waals surface area contributed by atoms with Crippen LogP contribution in [-0.2, 0) is 12.8 Å². The Kier molecular flexibility index (Phi) is 19.7. The van der Waals surface area contributed by atoms with E-state index in [2.05, 4.69) is 120 Å². The second-order valence-corrected chi connectivity index (χ2v) is 15.3. The van der Waals surface area contributed by atoms with Crippen LogP contribution in [0, 0.1) is 38.3 Å². The van der Waals surface area contributed by atoms with Crippen LogP contribution in [0.1, 0.15) is 98.7 Å². The smallest absolute Gasteiger partial charge is 0.167 e. The number of piperidine rings is 1. The summed E-state index contributed by atoms with van der Waals surface area (Å²) in [6.45, 7) is 26.8. The fraction of sp³-hybridized carbons (Fsp3) is 0.385. The van der Waals surface area contributed by atoms with Crippen molar-refractivity contribution in [1.29, 1.82) is 0 Å². The van der Waals surface area contributed by atoms with Crippen molar-refractivity contribution in [2.75, 3.05) is 33.9 Å². The monoisotopic (exact) mass is 776 g/mol. The van der Waals surface area contributed by atoms with Crippen molar-refractivity contribution in [3.63, 3.8) is 0 Å². The number of rotatable bonds is 14. The van der Waals surface area contributed by atoms with Gasteiger partial charge in [-0.25, -0.2) is 8.78 Å². The highest BCUT2D eigenvalue weighted by Gasteiger charge is 2.16. The number of halogens is 2. The molecule has 1 heterocycles. The van der Waals surface area contributed by atoms with Gasteiger partial charge in [0.15, 0.2) is 23.1 Å². The van der Waals surface area contributed by atoms with Gasteiger partial charge in [-0.15, -0.1) is 0 Å². The molecule has 1 saturated heterocycles. The Morgan fingerprint density at radius 1 is 0.860 bits per heavy atom. The van der Waals surface area contributed by atoms with Crippen molar-refractivity contribution in [3.05, 3.63) is 154 Å². The van der Waals surface area contributed by atoms with Gasteiger partial charge in [0, 0.05) is 12.1 Å². The number of allylic oxidation sites excluding steroid dienone is 3. The van der Waals surface area contributed by atoms with E-state index in [1.165, 1.54) is 90.2 Å². The molecule has 0 atom stereocenters. The number of hydrogen-bond donors (Lipinski definition) is 0. The summed E-state index contributed by atoms with van der Waals surface area (Å²) in [4.78, 5) is 2.59. The Hall–Kier alpha value is -4.74. The zero-order valence-electron chi connectivity index (χ0n) is 36.2. The Morgan fingerprint density at radius 2 is 1.60 bits per heavy atom. The number of hydrogen-bond acceptors (Lipinski definition) is 3. The van der Waals surface area contributed by atoms with Gasteiger partial charge in [-0.3, -0.25) is 4.90 Å². The molecule has 5 rings (SSSR count). The van der Waals surface area contributed by atoms with E-state index in [1.54, 1.807) is 27.2 Å². The summed E-state index contributed by atoms with van der Waals surface area (Å²) in [7, 11) is 3.31. The number of benzene rings is 4. The molecule has 0 saturated carbocycles. The number of nitrogens with zero attached hydrogens (tertiary/aromatic N) is 1. The largest absolute Gasteiger partial charge is 0.493 e. The lowest BCUT2D eigenvalue weighted by atomic mass is 9.93. The second kappa shape index (κ2) is 24.1. The average molecular weight is 776 g/mol. The molecular formula is C52H67F2NO2. The first-order chi connectivity index (χ1) is 27.4. The normalized spacial score (nSPS) is 13.4.